The minimum atomic E-state index is -0.313. The van der Waals surface area contributed by atoms with E-state index in [1.165, 1.54) is 25.7 Å². The van der Waals surface area contributed by atoms with Crippen LogP contribution >= 0.6 is 0 Å². The summed E-state index contributed by atoms with van der Waals surface area (Å²) in [7, 11) is 0. The first kappa shape index (κ1) is 12.9. The van der Waals surface area contributed by atoms with E-state index >= 15 is 0 Å². The summed E-state index contributed by atoms with van der Waals surface area (Å²) < 4.78 is 0. The fraction of sp³-hybridized carbons (Fsp3) is 1.00. The topological polar surface area (TPSA) is 46.2 Å². The number of rotatable bonds is 8. The molecule has 13 heavy (non-hydrogen) atoms. The number of hydrogen-bond acceptors (Lipinski definition) is 2. The molecule has 0 aliphatic heterocycles. The quantitative estimate of drug-likeness (QED) is 0.573. The lowest BCUT2D eigenvalue weighted by atomic mass is 9.91. The van der Waals surface area contributed by atoms with E-state index in [-0.39, 0.29) is 12.1 Å². The van der Waals surface area contributed by atoms with Crippen molar-refractivity contribution >= 4 is 0 Å². The van der Waals surface area contributed by atoms with Gasteiger partial charge >= 0.3 is 0 Å². The lowest BCUT2D eigenvalue weighted by Gasteiger charge is -2.25. The molecular formula is C11H25NO. The van der Waals surface area contributed by atoms with Crippen molar-refractivity contribution in [1.82, 2.24) is 0 Å². The van der Waals surface area contributed by atoms with Gasteiger partial charge in [-0.1, -0.05) is 46.0 Å². The van der Waals surface area contributed by atoms with Gasteiger partial charge in [-0.05, 0) is 12.8 Å². The van der Waals surface area contributed by atoms with Crippen molar-refractivity contribution in [2.75, 3.05) is 6.61 Å². The molecule has 2 nitrogen and oxygen atoms in total. The van der Waals surface area contributed by atoms with E-state index in [4.69, 9.17) is 10.8 Å². The zero-order valence-corrected chi connectivity index (χ0v) is 9.18. The van der Waals surface area contributed by atoms with E-state index < -0.39 is 0 Å². The van der Waals surface area contributed by atoms with Gasteiger partial charge in [0.2, 0.25) is 0 Å². The highest BCUT2D eigenvalue weighted by molar-refractivity contribution is 4.81. The third-order valence-corrected chi connectivity index (χ3v) is 2.80. The molecule has 0 aromatic rings. The van der Waals surface area contributed by atoms with Crippen molar-refractivity contribution in [3.63, 3.8) is 0 Å². The largest absolute Gasteiger partial charge is 0.394 e. The van der Waals surface area contributed by atoms with Crippen molar-refractivity contribution in [3.8, 4) is 0 Å². The second kappa shape index (κ2) is 7.34. The third kappa shape index (κ3) is 6.05. The van der Waals surface area contributed by atoms with E-state index in [0.717, 1.165) is 19.3 Å². The highest BCUT2D eigenvalue weighted by atomic mass is 16.3. The fourth-order valence-corrected chi connectivity index (χ4v) is 1.45. The Balaban J connectivity index is 3.39. The van der Waals surface area contributed by atoms with Crippen molar-refractivity contribution in [1.29, 1.82) is 0 Å². The summed E-state index contributed by atoms with van der Waals surface area (Å²) in [5.41, 5.74) is 5.65. The molecular weight excluding hydrogens is 162 g/mol. The molecule has 1 unspecified atom stereocenters. The molecule has 0 spiro atoms. The molecule has 0 rings (SSSR count). The predicted molar refractivity (Wildman–Crippen MR) is 57.7 cm³/mol. The molecule has 0 aliphatic rings. The fourth-order valence-electron chi connectivity index (χ4n) is 1.45. The van der Waals surface area contributed by atoms with E-state index in [1.54, 1.807) is 0 Å². The van der Waals surface area contributed by atoms with Gasteiger partial charge < -0.3 is 10.8 Å². The Morgan fingerprint density at radius 3 is 2.15 bits per heavy atom. The minimum Gasteiger partial charge on any atom is -0.394 e. The lowest BCUT2D eigenvalue weighted by Crippen LogP contribution is -2.42. The molecule has 0 radical (unpaired) electrons. The molecule has 0 aromatic heterocycles. The Hall–Kier alpha value is -0.0800. The molecule has 0 bridgehead atoms. The van der Waals surface area contributed by atoms with Crippen LogP contribution in [-0.4, -0.2) is 17.3 Å². The van der Waals surface area contributed by atoms with Crippen LogP contribution in [0.25, 0.3) is 0 Å². The van der Waals surface area contributed by atoms with Gasteiger partial charge in [0.05, 0.1) is 6.61 Å². The third-order valence-electron chi connectivity index (χ3n) is 2.80. The molecule has 80 valence electrons. The smallest absolute Gasteiger partial charge is 0.0611 e. The molecule has 2 heteroatoms. The first-order chi connectivity index (χ1) is 6.18. The van der Waals surface area contributed by atoms with E-state index in [2.05, 4.69) is 6.92 Å². The Morgan fingerprint density at radius 2 is 1.69 bits per heavy atom. The van der Waals surface area contributed by atoms with Crippen molar-refractivity contribution < 1.29 is 5.11 Å². The van der Waals surface area contributed by atoms with Crippen LogP contribution < -0.4 is 5.73 Å². The van der Waals surface area contributed by atoms with Crippen LogP contribution in [0.4, 0.5) is 0 Å². The van der Waals surface area contributed by atoms with Crippen LogP contribution in [0.2, 0.25) is 0 Å². The number of unbranched alkanes of at least 4 members (excludes halogenated alkanes) is 4. The minimum absolute atomic E-state index is 0.122. The monoisotopic (exact) mass is 187 g/mol. The SMILES string of the molecule is CCCCCCCC(N)(CC)CO. The maximum atomic E-state index is 9.06. The molecule has 0 saturated carbocycles. The highest BCUT2D eigenvalue weighted by Gasteiger charge is 2.20. The predicted octanol–water partition coefficient (Wildman–Crippen LogP) is 2.45. The standard InChI is InChI=1S/C11H25NO/c1-3-5-6-7-8-9-11(12,4-2)10-13/h13H,3-10,12H2,1-2H3. The van der Waals surface area contributed by atoms with Crippen LogP contribution in [0.15, 0.2) is 0 Å². The van der Waals surface area contributed by atoms with Crippen LogP contribution in [-0.2, 0) is 0 Å². The first-order valence-electron chi connectivity index (χ1n) is 5.58. The number of hydrogen-bond donors (Lipinski definition) is 2. The summed E-state index contributed by atoms with van der Waals surface area (Å²) in [5.74, 6) is 0. The summed E-state index contributed by atoms with van der Waals surface area (Å²) in [4.78, 5) is 0. The maximum absolute atomic E-state index is 9.06. The zero-order valence-electron chi connectivity index (χ0n) is 9.18. The Morgan fingerprint density at radius 1 is 1.08 bits per heavy atom. The van der Waals surface area contributed by atoms with Crippen LogP contribution in [0.5, 0.6) is 0 Å². The molecule has 0 heterocycles. The van der Waals surface area contributed by atoms with Crippen molar-refractivity contribution in [2.24, 2.45) is 5.73 Å². The molecule has 3 N–H and O–H groups in total. The lowest BCUT2D eigenvalue weighted by molar-refractivity contribution is 0.179. The summed E-state index contributed by atoms with van der Waals surface area (Å²) >= 11 is 0. The van der Waals surface area contributed by atoms with Crippen LogP contribution in [0, 0.1) is 0 Å². The second-order valence-electron chi connectivity index (χ2n) is 4.04. The molecule has 0 aliphatic carbocycles. The van der Waals surface area contributed by atoms with Gasteiger partial charge in [-0.25, -0.2) is 0 Å². The van der Waals surface area contributed by atoms with E-state index in [9.17, 15) is 0 Å². The zero-order chi connectivity index (χ0) is 10.2. The van der Waals surface area contributed by atoms with Crippen molar-refractivity contribution in [2.45, 2.75) is 64.3 Å². The average molecular weight is 187 g/mol. The Labute approximate surface area is 82.5 Å². The Bertz CT molecular complexity index is 111. The Kier molecular flexibility index (Phi) is 7.29. The summed E-state index contributed by atoms with van der Waals surface area (Å²) in [6.07, 6.45) is 8.16. The highest BCUT2D eigenvalue weighted by Crippen LogP contribution is 2.16. The van der Waals surface area contributed by atoms with Gasteiger partial charge in [0.15, 0.2) is 0 Å². The summed E-state index contributed by atoms with van der Waals surface area (Å²) in [5, 5.41) is 9.06. The normalized spacial score (nSPS) is 15.7. The molecule has 1 atom stereocenters. The van der Waals surface area contributed by atoms with Crippen LogP contribution in [0.1, 0.15) is 58.8 Å². The van der Waals surface area contributed by atoms with Gasteiger partial charge in [0, 0.05) is 5.54 Å². The average Bonchev–Trinajstić information content (AvgIpc) is 2.17. The first-order valence-corrected chi connectivity index (χ1v) is 5.58. The number of aliphatic hydroxyl groups excluding tert-OH is 1. The summed E-state index contributed by atoms with van der Waals surface area (Å²) in [6, 6.07) is 0. The van der Waals surface area contributed by atoms with Crippen LogP contribution in [0.3, 0.4) is 0 Å². The van der Waals surface area contributed by atoms with Gasteiger partial charge in [-0.2, -0.15) is 0 Å². The van der Waals surface area contributed by atoms with Gasteiger partial charge in [0.25, 0.3) is 0 Å². The van der Waals surface area contributed by atoms with Gasteiger partial charge in [0.1, 0.15) is 0 Å². The summed E-state index contributed by atoms with van der Waals surface area (Å²) in [6.45, 7) is 4.38. The van der Waals surface area contributed by atoms with Gasteiger partial charge in [-0.3, -0.25) is 0 Å². The number of aliphatic hydroxyl groups is 1. The van der Waals surface area contributed by atoms with E-state index in [1.807, 2.05) is 6.92 Å². The molecule has 0 aromatic carbocycles. The molecule has 0 saturated heterocycles. The van der Waals surface area contributed by atoms with E-state index in [0.29, 0.717) is 0 Å². The van der Waals surface area contributed by atoms with Crippen molar-refractivity contribution in [3.05, 3.63) is 0 Å². The molecule has 0 amide bonds. The number of nitrogens with two attached hydrogens (primary N) is 1. The second-order valence-corrected chi connectivity index (χ2v) is 4.04. The van der Waals surface area contributed by atoms with Gasteiger partial charge in [-0.15, -0.1) is 0 Å². The molecule has 0 fully saturated rings. The maximum Gasteiger partial charge on any atom is 0.0611 e.